The molecule has 2 heterocycles. The summed E-state index contributed by atoms with van der Waals surface area (Å²) >= 11 is 3.18. The lowest BCUT2D eigenvalue weighted by atomic mass is 10.2. The molecule has 3 aromatic rings. The van der Waals surface area contributed by atoms with E-state index in [2.05, 4.69) is 31.4 Å². The van der Waals surface area contributed by atoms with E-state index in [1.165, 1.54) is 12.3 Å². The molecule has 0 spiro atoms. The van der Waals surface area contributed by atoms with Gasteiger partial charge in [-0.15, -0.1) is 0 Å². The van der Waals surface area contributed by atoms with Crippen molar-refractivity contribution in [2.75, 3.05) is 0 Å². The number of imidazole rings is 1. The topological polar surface area (TPSA) is 58.8 Å². The van der Waals surface area contributed by atoms with Crippen LogP contribution in [0.4, 0.5) is 4.39 Å². The zero-order chi connectivity index (χ0) is 16.4. The zero-order valence-corrected chi connectivity index (χ0v) is 13.7. The molecule has 0 unspecified atom stereocenters. The maximum Gasteiger partial charge on any atom is 0.290 e. The van der Waals surface area contributed by atoms with E-state index in [0.29, 0.717) is 21.5 Å². The predicted molar refractivity (Wildman–Crippen MR) is 89.1 cm³/mol. The van der Waals surface area contributed by atoms with Gasteiger partial charge in [-0.2, -0.15) is 5.10 Å². The Morgan fingerprint density at radius 2 is 2.22 bits per heavy atom. The number of hydrogen-bond donors (Lipinski definition) is 1. The molecule has 116 valence electrons. The molecule has 0 radical (unpaired) electrons. The van der Waals surface area contributed by atoms with Crippen LogP contribution in [0.3, 0.4) is 0 Å². The highest BCUT2D eigenvalue weighted by molar-refractivity contribution is 9.10. The molecule has 2 aromatic heterocycles. The molecule has 23 heavy (non-hydrogen) atoms. The molecule has 1 amide bonds. The number of aromatic nitrogens is 2. The molecule has 7 heteroatoms. The van der Waals surface area contributed by atoms with Crippen molar-refractivity contribution < 1.29 is 9.18 Å². The van der Waals surface area contributed by atoms with Crippen LogP contribution in [0.5, 0.6) is 0 Å². The summed E-state index contributed by atoms with van der Waals surface area (Å²) in [5.41, 5.74) is 4.35. The van der Waals surface area contributed by atoms with Crippen LogP contribution in [0, 0.1) is 12.7 Å². The predicted octanol–water partition coefficient (Wildman–Crippen LogP) is 3.31. The lowest BCUT2D eigenvalue weighted by Gasteiger charge is -2.01. The van der Waals surface area contributed by atoms with Gasteiger partial charge >= 0.3 is 0 Å². The van der Waals surface area contributed by atoms with Crippen LogP contribution in [-0.2, 0) is 0 Å². The summed E-state index contributed by atoms with van der Waals surface area (Å²) in [5.74, 6) is -0.835. The van der Waals surface area contributed by atoms with E-state index < -0.39 is 11.7 Å². The summed E-state index contributed by atoms with van der Waals surface area (Å²) < 4.78 is 16.0. The van der Waals surface area contributed by atoms with Crippen LogP contribution in [0.2, 0.25) is 0 Å². The van der Waals surface area contributed by atoms with E-state index >= 15 is 0 Å². The maximum absolute atomic E-state index is 13.7. The number of carbonyl (C=O) groups excluding carboxylic acids is 1. The van der Waals surface area contributed by atoms with Crippen molar-refractivity contribution in [3.8, 4) is 0 Å². The average Bonchev–Trinajstić information content (AvgIpc) is 2.85. The first-order chi connectivity index (χ1) is 11.1. The number of fused-ring (bicyclic) bond motifs is 1. The largest absolute Gasteiger partial charge is 0.295 e. The van der Waals surface area contributed by atoms with Crippen molar-refractivity contribution in [2.45, 2.75) is 6.92 Å². The van der Waals surface area contributed by atoms with Gasteiger partial charge in [0.15, 0.2) is 0 Å². The second-order valence-electron chi connectivity index (χ2n) is 4.84. The van der Waals surface area contributed by atoms with Gasteiger partial charge < -0.3 is 0 Å². The molecule has 3 rings (SSSR count). The van der Waals surface area contributed by atoms with Crippen LogP contribution >= 0.6 is 15.9 Å². The van der Waals surface area contributed by atoms with Gasteiger partial charge in [0.25, 0.3) is 5.91 Å². The van der Waals surface area contributed by atoms with E-state index in [9.17, 15) is 9.18 Å². The number of nitrogens with zero attached hydrogens (tertiary/aromatic N) is 3. The van der Waals surface area contributed by atoms with Crippen molar-refractivity contribution >= 4 is 33.7 Å². The molecular formula is C16H12BrFN4O. The van der Waals surface area contributed by atoms with Crippen LogP contribution in [-0.4, -0.2) is 21.5 Å². The molecule has 1 N–H and O–H groups in total. The summed E-state index contributed by atoms with van der Waals surface area (Å²) in [7, 11) is 0. The van der Waals surface area contributed by atoms with E-state index in [4.69, 9.17) is 0 Å². The third kappa shape index (κ3) is 3.14. The Morgan fingerprint density at radius 1 is 1.39 bits per heavy atom. The second-order valence-corrected chi connectivity index (χ2v) is 5.76. The minimum atomic E-state index is -0.427. The fraction of sp³-hybridized carbons (Fsp3) is 0.0625. The van der Waals surface area contributed by atoms with Crippen molar-refractivity contribution in [2.24, 2.45) is 5.10 Å². The van der Waals surface area contributed by atoms with Crippen LogP contribution in [0.1, 0.15) is 21.7 Å². The Hall–Kier alpha value is -2.54. The molecule has 0 bridgehead atoms. The summed E-state index contributed by atoms with van der Waals surface area (Å²) in [6, 6.07) is 10.1. The van der Waals surface area contributed by atoms with Gasteiger partial charge in [0.2, 0.25) is 0 Å². The van der Waals surface area contributed by atoms with Gasteiger partial charge in [-0.25, -0.2) is 14.8 Å². The molecule has 0 saturated carbocycles. The highest BCUT2D eigenvalue weighted by Gasteiger charge is 2.15. The van der Waals surface area contributed by atoms with Gasteiger partial charge in [-0.1, -0.05) is 22.0 Å². The molecule has 0 aliphatic carbocycles. The monoisotopic (exact) mass is 374 g/mol. The number of pyridine rings is 1. The van der Waals surface area contributed by atoms with Gasteiger partial charge in [0.1, 0.15) is 17.2 Å². The van der Waals surface area contributed by atoms with E-state index in [1.54, 1.807) is 29.7 Å². The molecular weight excluding hydrogens is 363 g/mol. The van der Waals surface area contributed by atoms with Crippen LogP contribution in [0.25, 0.3) is 5.65 Å². The van der Waals surface area contributed by atoms with Gasteiger partial charge in [-0.3, -0.25) is 9.20 Å². The normalized spacial score (nSPS) is 11.3. The van der Waals surface area contributed by atoms with E-state index in [0.717, 1.165) is 0 Å². The number of amides is 1. The SMILES string of the molecule is Cc1nc2ccccn2c1C(=O)N/N=C\c1ccc(Br)cc1F. The lowest BCUT2D eigenvalue weighted by molar-refractivity contribution is 0.0948. The minimum Gasteiger partial charge on any atom is -0.295 e. The quantitative estimate of drug-likeness (QED) is 0.564. The van der Waals surface area contributed by atoms with Crippen molar-refractivity contribution in [3.63, 3.8) is 0 Å². The molecule has 5 nitrogen and oxygen atoms in total. The zero-order valence-electron chi connectivity index (χ0n) is 12.1. The van der Waals surface area contributed by atoms with Crippen LogP contribution in [0.15, 0.2) is 52.2 Å². The van der Waals surface area contributed by atoms with Crippen molar-refractivity contribution in [1.29, 1.82) is 0 Å². The van der Waals surface area contributed by atoms with Crippen LogP contribution < -0.4 is 5.43 Å². The summed E-state index contributed by atoms with van der Waals surface area (Å²) in [6.07, 6.45) is 3.01. The summed E-state index contributed by atoms with van der Waals surface area (Å²) in [4.78, 5) is 16.6. The Labute approximate surface area is 140 Å². The molecule has 0 aliphatic heterocycles. The summed E-state index contributed by atoms with van der Waals surface area (Å²) in [5, 5.41) is 3.81. The fourth-order valence-electron chi connectivity index (χ4n) is 2.21. The molecule has 0 saturated heterocycles. The number of nitrogens with one attached hydrogen (secondary N) is 1. The molecule has 1 aromatic carbocycles. The number of benzene rings is 1. The summed E-state index contributed by atoms with van der Waals surface area (Å²) in [6.45, 7) is 1.75. The van der Waals surface area contributed by atoms with Gasteiger partial charge in [0, 0.05) is 16.2 Å². The number of aryl methyl sites for hydroxylation is 1. The average molecular weight is 375 g/mol. The Morgan fingerprint density at radius 3 is 3.00 bits per heavy atom. The number of carbonyl (C=O) groups is 1. The first kappa shape index (κ1) is 15.4. The molecule has 0 aliphatic rings. The highest BCUT2D eigenvalue weighted by atomic mass is 79.9. The fourth-order valence-corrected chi connectivity index (χ4v) is 2.54. The first-order valence-electron chi connectivity index (χ1n) is 6.78. The van der Waals surface area contributed by atoms with Crippen molar-refractivity contribution in [1.82, 2.24) is 14.8 Å². The van der Waals surface area contributed by atoms with E-state index in [1.807, 2.05) is 18.2 Å². The van der Waals surface area contributed by atoms with E-state index in [-0.39, 0.29) is 5.56 Å². The highest BCUT2D eigenvalue weighted by Crippen LogP contribution is 2.14. The standard InChI is InChI=1S/C16H12BrFN4O/c1-10-15(22-7-3-2-4-14(22)20-10)16(23)21-19-9-11-5-6-12(17)8-13(11)18/h2-9H,1H3,(H,21,23)/b19-9-. The lowest BCUT2D eigenvalue weighted by Crippen LogP contribution is -2.20. The number of rotatable bonds is 3. The van der Waals surface area contributed by atoms with Gasteiger partial charge in [-0.05, 0) is 37.3 Å². The Kier molecular flexibility index (Phi) is 4.20. The first-order valence-corrected chi connectivity index (χ1v) is 7.57. The molecule has 0 atom stereocenters. The number of hydrazone groups is 1. The Balaban J connectivity index is 1.81. The number of hydrogen-bond acceptors (Lipinski definition) is 3. The minimum absolute atomic E-state index is 0.281. The molecule has 0 fully saturated rings. The van der Waals surface area contributed by atoms with Crippen molar-refractivity contribution in [3.05, 3.63) is 69.8 Å². The Bertz CT molecular complexity index is 920. The smallest absolute Gasteiger partial charge is 0.290 e. The maximum atomic E-state index is 13.7. The second kappa shape index (κ2) is 6.29. The number of halogens is 2. The van der Waals surface area contributed by atoms with Gasteiger partial charge in [0.05, 0.1) is 11.9 Å². The third-order valence-electron chi connectivity index (χ3n) is 3.25. The third-order valence-corrected chi connectivity index (χ3v) is 3.74.